The summed E-state index contributed by atoms with van der Waals surface area (Å²) in [6.07, 6.45) is 0. The second kappa shape index (κ2) is 10.3. The van der Waals surface area contributed by atoms with Gasteiger partial charge in [0.05, 0.1) is 20.2 Å². The average molecular weight is 456 g/mol. The molecule has 0 aliphatic carbocycles. The van der Waals surface area contributed by atoms with Gasteiger partial charge in [-0.15, -0.1) is 0 Å². The van der Waals surface area contributed by atoms with Gasteiger partial charge in [0.2, 0.25) is 0 Å². The molecule has 1 heterocycles. The van der Waals surface area contributed by atoms with Crippen molar-refractivity contribution in [2.24, 2.45) is 0 Å². The highest BCUT2D eigenvalue weighted by molar-refractivity contribution is 5.81. The number of para-hydroxylation sites is 1. The lowest BCUT2D eigenvalue weighted by Gasteiger charge is -2.24. The zero-order valence-electron chi connectivity index (χ0n) is 19.7. The van der Waals surface area contributed by atoms with Gasteiger partial charge in [0, 0.05) is 23.2 Å². The van der Waals surface area contributed by atoms with Gasteiger partial charge in [0.25, 0.3) is 5.56 Å². The zero-order chi connectivity index (χ0) is 24.1. The number of nitrogens with zero attached hydrogens (tertiary/aromatic N) is 1. The monoisotopic (exact) mass is 455 g/mol. The van der Waals surface area contributed by atoms with Gasteiger partial charge >= 0.3 is 6.03 Å². The number of nitrogens with one attached hydrogen (secondary N) is 2. The molecule has 0 atom stereocenters. The highest BCUT2D eigenvalue weighted by Gasteiger charge is 2.18. The number of carbonyl (C=O) groups is 1. The molecule has 2 amide bonds. The van der Waals surface area contributed by atoms with E-state index in [9.17, 15) is 9.59 Å². The number of aromatic nitrogens is 1. The normalized spacial score (nSPS) is 10.8. The number of carbonyl (C=O) groups excluding carboxylic acids is 1. The summed E-state index contributed by atoms with van der Waals surface area (Å²) in [6, 6.07) is 23.0. The third-order valence-corrected chi connectivity index (χ3v) is 6.02. The highest BCUT2D eigenvalue weighted by atomic mass is 16.5. The van der Waals surface area contributed by atoms with E-state index in [4.69, 9.17) is 4.74 Å². The van der Waals surface area contributed by atoms with Crippen LogP contribution in [-0.4, -0.2) is 23.0 Å². The molecule has 6 nitrogen and oxygen atoms in total. The van der Waals surface area contributed by atoms with Crippen molar-refractivity contribution >= 4 is 16.9 Å². The van der Waals surface area contributed by atoms with Gasteiger partial charge in [-0.05, 0) is 60.2 Å². The van der Waals surface area contributed by atoms with Crippen molar-refractivity contribution in [2.45, 2.75) is 33.5 Å². The fourth-order valence-electron chi connectivity index (χ4n) is 3.97. The van der Waals surface area contributed by atoms with Crippen molar-refractivity contribution in [3.8, 4) is 5.75 Å². The molecule has 6 heteroatoms. The number of rotatable bonds is 7. The zero-order valence-corrected chi connectivity index (χ0v) is 19.7. The number of ether oxygens (including phenoxy) is 1. The largest absolute Gasteiger partial charge is 0.496 e. The number of aryl methyl sites for hydroxylation is 2. The predicted molar refractivity (Wildman–Crippen MR) is 135 cm³/mol. The number of hydrogen-bond donors (Lipinski definition) is 2. The molecule has 0 aliphatic rings. The van der Waals surface area contributed by atoms with Crippen LogP contribution in [0.3, 0.4) is 0 Å². The first-order valence-corrected chi connectivity index (χ1v) is 11.3. The Hall–Kier alpha value is -4.06. The summed E-state index contributed by atoms with van der Waals surface area (Å²) >= 11 is 0. The maximum absolute atomic E-state index is 13.3. The first-order valence-electron chi connectivity index (χ1n) is 11.3. The van der Waals surface area contributed by atoms with E-state index in [2.05, 4.69) is 16.4 Å². The number of H-pyrrole nitrogens is 1. The smallest absolute Gasteiger partial charge is 0.318 e. The molecule has 0 aliphatic heterocycles. The van der Waals surface area contributed by atoms with E-state index in [1.807, 2.05) is 80.6 Å². The van der Waals surface area contributed by atoms with Crippen LogP contribution in [0.25, 0.3) is 10.9 Å². The van der Waals surface area contributed by atoms with Crippen molar-refractivity contribution < 1.29 is 9.53 Å². The van der Waals surface area contributed by atoms with Gasteiger partial charge in [-0.1, -0.05) is 48.5 Å². The molecule has 4 rings (SSSR count). The van der Waals surface area contributed by atoms with Gasteiger partial charge in [0.15, 0.2) is 0 Å². The lowest BCUT2D eigenvalue weighted by atomic mass is 10.0. The number of pyridine rings is 1. The molecule has 0 unspecified atom stereocenters. The van der Waals surface area contributed by atoms with Crippen LogP contribution in [0.4, 0.5) is 4.79 Å². The Morgan fingerprint density at radius 1 is 0.912 bits per heavy atom. The van der Waals surface area contributed by atoms with E-state index < -0.39 is 0 Å². The Balaban J connectivity index is 1.64. The number of hydrogen-bond acceptors (Lipinski definition) is 3. The summed E-state index contributed by atoms with van der Waals surface area (Å²) in [5, 5.41) is 3.93. The molecule has 0 saturated heterocycles. The fourth-order valence-corrected chi connectivity index (χ4v) is 3.97. The van der Waals surface area contributed by atoms with Crippen molar-refractivity contribution in [1.29, 1.82) is 0 Å². The summed E-state index contributed by atoms with van der Waals surface area (Å²) < 4.78 is 5.48. The number of methoxy groups -OCH3 is 1. The number of benzene rings is 3. The third-order valence-electron chi connectivity index (χ3n) is 6.02. The van der Waals surface area contributed by atoms with Gasteiger partial charge in [0.1, 0.15) is 5.75 Å². The van der Waals surface area contributed by atoms with Crippen LogP contribution < -0.4 is 15.6 Å². The van der Waals surface area contributed by atoms with Crippen LogP contribution in [0.15, 0.2) is 77.6 Å². The van der Waals surface area contributed by atoms with E-state index in [0.717, 1.165) is 33.2 Å². The number of urea groups is 1. The van der Waals surface area contributed by atoms with Gasteiger partial charge in [-0.2, -0.15) is 0 Å². The minimum Gasteiger partial charge on any atom is -0.496 e. The molecule has 34 heavy (non-hydrogen) atoms. The summed E-state index contributed by atoms with van der Waals surface area (Å²) in [7, 11) is 1.61. The van der Waals surface area contributed by atoms with E-state index >= 15 is 0 Å². The van der Waals surface area contributed by atoms with E-state index in [0.29, 0.717) is 24.4 Å². The van der Waals surface area contributed by atoms with E-state index in [1.54, 1.807) is 12.0 Å². The molecule has 0 saturated carbocycles. The molecule has 1 aromatic heterocycles. The third kappa shape index (κ3) is 5.29. The SMILES string of the molecule is COc1ccccc1CN(Cc1cc2cc(C)c(C)cc2[nH]c1=O)C(=O)NCc1ccccc1. The molecule has 2 N–H and O–H groups in total. The molecular formula is C28H29N3O3. The van der Waals surface area contributed by atoms with Crippen LogP contribution in [-0.2, 0) is 19.6 Å². The van der Waals surface area contributed by atoms with Crippen molar-refractivity contribution in [3.63, 3.8) is 0 Å². The van der Waals surface area contributed by atoms with Crippen molar-refractivity contribution in [2.75, 3.05) is 7.11 Å². The lowest BCUT2D eigenvalue weighted by molar-refractivity contribution is 0.191. The molecule has 0 bridgehead atoms. The standard InChI is InChI=1S/C28H29N3O3/c1-19-13-23-15-24(27(32)30-25(23)14-20(19)2)18-31(17-22-11-7-8-12-26(22)34-3)28(33)29-16-21-9-5-4-6-10-21/h4-15H,16-18H2,1-3H3,(H,29,33)(H,30,32). The minimum absolute atomic E-state index is 0.164. The van der Waals surface area contributed by atoms with Crippen LogP contribution >= 0.6 is 0 Å². The Morgan fingerprint density at radius 2 is 1.59 bits per heavy atom. The molecule has 0 radical (unpaired) electrons. The Kier molecular flexibility index (Phi) is 6.97. The van der Waals surface area contributed by atoms with Gasteiger partial charge < -0.3 is 19.9 Å². The molecule has 3 aromatic carbocycles. The first kappa shape index (κ1) is 23.1. The Morgan fingerprint density at radius 3 is 2.35 bits per heavy atom. The predicted octanol–water partition coefficient (Wildman–Crippen LogP) is 5.07. The molecule has 174 valence electrons. The maximum atomic E-state index is 13.3. The van der Waals surface area contributed by atoms with Crippen LogP contribution in [0.5, 0.6) is 5.75 Å². The van der Waals surface area contributed by atoms with Crippen LogP contribution in [0, 0.1) is 13.8 Å². The van der Waals surface area contributed by atoms with Crippen LogP contribution in [0.1, 0.15) is 27.8 Å². The lowest BCUT2D eigenvalue weighted by Crippen LogP contribution is -2.40. The van der Waals surface area contributed by atoms with Crippen molar-refractivity contribution in [3.05, 3.63) is 111 Å². The Labute approximate surface area is 199 Å². The summed E-state index contributed by atoms with van der Waals surface area (Å²) in [6.45, 7) is 4.93. The van der Waals surface area contributed by atoms with Crippen molar-refractivity contribution in [1.82, 2.24) is 15.2 Å². The van der Waals surface area contributed by atoms with Gasteiger partial charge in [-0.3, -0.25) is 4.79 Å². The average Bonchev–Trinajstić information content (AvgIpc) is 2.84. The topological polar surface area (TPSA) is 74.4 Å². The van der Waals surface area contributed by atoms with Crippen LogP contribution in [0.2, 0.25) is 0 Å². The van der Waals surface area contributed by atoms with Gasteiger partial charge in [-0.25, -0.2) is 4.79 Å². The maximum Gasteiger partial charge on any atom is 0.318 e. The number of fused-ring (bicyclic) bond motifs is 1. The summed E-state index contributed by atoms with van der Waals surface area (Å²) in [4.78, 5) is 30.8. The molecule has 0 spiro atoms. The second-order valence-corrected chi connectivity index (χ2v) is 8.46. The summed E-state index contributed by atoms with van der Waals surface area (Å²) in [5.74, 6) is 0.696. The molecule has 4 aromatic rings. The second-order valence-electron chi connectivity index (χ2n) is 8.46. The quantitative estimate of drug-likeness (QED) is 0.409. The number of amides is 2. The molecular weight excluding hydrogens is 426 g/mol. The Bertz CT molecular complexity index is 1360. The summed E-state index contributed by atoms with van der Waals surface area (Å²) in [5.41, 5.74) is 5.26. The fraction of sp³-hybridized carbons (Fsp3) is 0.214. The highest BCUT2D eigenvalue weighted by Crippen LogP contribution is 2.22. The molecule has 0 fully saturated rings. The van der Waals surface area contributed by atoms with E-state index in [-0.39, 0.29) is 18.1 Å². The number of aromatic amines is 1. The minimum atomic E-state index is -0.255. The van der Waals surface area contributed by atoms with E-state index in [1.165, 1.54) is 0 Å². The first-order chi connectivity index (χ1) is 16.4.